The second-order valence-electron chi connectivity index (χ2n) is 10.6. The normalized spacial score (nSPS) is 26.1. The SMILES string of the molecule is CN(c1cc2nc([C@@H](N)C3CCC(F)(F)CC3)cn2nc1C[C@@H]1C[C@@H](C(F)(F)F)CNC1=O)C1CC1. The summed E-state index contributed by atoms with van der Waals surface area (Å²) in [5.41, 5.74) is 8.74. The van der Waals surface area contributed by atoms with Crippen molar-refractivity contribution in [2.24, 2.45) is 23.5 Å². The standard InChI is InChI=1S/C24H31F5N6O/c1-34(16-2-3-16)19-10-20-32-18(21(30)13-4-6-23(25,26)7-5-13)12-35(20)33-17(19)9-14-8-15(24(27,28)29)11-31-22(14)36/h10,12-16,21H,2-9,11,30H2,1H3,(H,31,36)/t14-,15+,21-/m0/s1. The van der Waals surface area contributed by atoms with Crippen LogP contribution in [0.1, 0.15) is 62.4 Å². The number of carbonyl (C=O) groups excluding carboxylic acids is 1. The van der Waals surface area contributed by atoms with E-state index in [1.54, 1.807) is 6.20 Å². The van der Waals surface area contributed by atoms with Gasteiger partial charge in [-0.15, -0.1) is 0 Å². The molecule has 3 atom stereocenters. The van der Waals surface area contributed by atoms with Crippen molar-refractivity contribution in [3.05, 3.63) is 23.7 Å². The summed E-state index contributed by atoms with van der Waals surface area (Å²) in [7, 11) is 1.91. The molecule has 1 aliphatic heterocycles. The fraction of sp³-hybridized carbons (Fsp3) is 0.708. The van der Waals surface area contributed by atoms with Gasteiger partial charge in [-0.3, -0.25) is 4.79 Å². The molecular formula is C24H31F5N6O. The molecule has 7 nitrogen and oxygen atoms in total. The summed E-state index contributed by atoms with van der Waals surface area (Å²) < 4.78 is 68.7. The van der Waals surface area contributed by atoms with Crippen molar-refractivity contribution in [1.82, 2.24) is 19.9 Å². The highest BCUT2D eigenvalue weighted by atomic mass is 19.4. The molecule has 36 heavy (non-hydrogen) atoms. The number of nitrogens with one attached hydrogen (secondary N) is 1. The van der Waals surface area contributed by atoms with Crippen molar-refractivity contribution in [3.63, 3.8) is 0 Å². The molecule has 0 radical (unpaired) electrons. The molecule has 0 aromatic carbocycles. The number of alkyl halides is 5. The van der Waals surface area contributed by atoms with E-state index in [-0.39, 0.29) is 31.6 Å². The van der Waals surface area contributed by atoms with E-state index in [9.17, 15) is 26.7 Å². The van der Waals surface area contributed by atoms with E-state index >= 15 is 0 Å². The molecule has 2 saturated carbocycles. The van der Waals surface area contributed by atoms with Gasteiger partial charge in [0.2, 0.25) is 11.8 Å². The Kier molecular flexibility index (Phi) is 6.37. The minimum atomic E-state index is -4.38. The molecule has 2 aliphatic carbocycles. The van der Waals surface area contributed by atoms with Gasteiger partial charge in [-0.2, -0.15) is 18.3 Å². The van der Waals surface area contributed by atoms with Crippen molar-refractivity contribution >= 4 is 17.2 Å². The fourth-order valence-electron chi connectivity index (χ4n) is 5.46. The van der Waals surface area contributed by atoms with Crippen molar-refractivity contribution in [2.45, 2.75) is 75.5 Å². The van der Waals surface area contributed by atoms with Gasteiger partial charge in [-0.1, -0.05) is 0 Å². The molecule has 3 fully saturated rings. The summed E-state index contributed by atoms with van der Waals surface area (Å²) in [5.74, 6) is -5.61. The summed E-state index contributed by atoms with van der Waals surface area (Å²) in [6.07, 6.45) is -0.699. The summed E-state index contributed by atoms with van der Waals surface area (Å²) in [4.78, 5) is 19.1. The third-order valence-electron chi connectivity index (χ3n) is 7.97. The van der Waals surface area contributed by atoms with Gasteiger partial charge < -0.3 is 16.0 Å². The molecular weight excluding hydrogens is 483 g/mol. The first-order chi connectivity index (χ1) is 16.9. The first-order valence-electron chi connectivity index (χ1n) is 12.5. The third kappa shape index (κ3) is 5.14. The van der Waals surface area contributed by atoms with Crippen LogP contribution in [0.4, 0.5) is 27.6 Å². The van der Waals surface area contributed by atoms with E-state index in [2.05, 4.69) is 15.4 Å². The number of nitrogens with zero attached hydrogens (tertiary/aromatic N) is 4. The Morgan fingerprint density at radius 1 is 1.25 bits per heavy atom. The van der Waals surface area contributed by atoms with Crippen LogP contribution in [0, 0.1) is 17.8 Å². The topological polar surface area (TPSA) is 88.6 Å². The van der Waals surface area contributed by atoms with Gasteiger partial charge in [-0.05, 0) is 38.0 Å². The molecule has 5 rings (SSSR count). The Morgan fingerprint density at radius 2 is 1.94 bits per heavy atom. The predicted molar refractivity (Wildman–Crippen MR) is 123 cm³/mol. The van der Waals surface area contributed by atoms with Crippen LogP contribution < -0.4 is 16.0 Å². The average Bonchev–Trinajstić information content (AvgIpc) is 3.58. The fourth-order valence-corrected chi connectivity index (χ4v) is 5.46. The molecule has 1 saturated heterocycles. The first kappa shape index (κ1) is 25.2. The van der Waals surface area contributed by atoms with Gasteiger partial charge in [-0.25, -0.2) is 18.3 Å². The number of hydrogen-bond acceptors (Lipinski definition) is 5. The Morgan fingerprint density at radius 3 is 2.58 bits per heavy atom. The average molecular weight is 515 g/mol. The van der Waals surface area contributed by atoms with Crippen LogP contribution in [-0.2, 0) is 11.2 Å². The zero-order valence-electron chi connectivity index (χ0n) is 20.1. The number of halogens is 5. The molecule has 2 aromatic heterocycles. The Balaban J connectivity index is 1.43. The minimum absolute atomic E-state index is 0.0675. The highest BCUT2D eigenvalue weighted by Crippen LogP contribution is 2.41. The van der Waals surface area contributed by atoms with Gasteiger partial charge in [0.1, 0.15) is 0 Å². The van der Waals surface area contributed by atoms with Gasteiger partial charge in [0.15, 0.2) is 5.65 Å². The Hall–Kier alpha value is -2.50. The maximum Gasteiger partial charge on any atom is 0.393 e. The lowest BCUT2D eigenvalue weighted by molar-refractivity contribution is -0.183. The van der Waals surface area contributed by atoms with Gasteiger partial charge in [0.25, 0.3) is 0 Å². The number of piperidine rings is 1. The van der Waals surface area contributed by atoms with Gasteiger partial charge >= 0.3 is 6.18 Å². The highest BCUT2D eigenvalue weighted by molar-refractivity contribution is 5.80. The monoisotopic (exact) mass is 514 g/mol. The van der Waals surface area contributed by atoms with Crippen LogP contribution in [0.25, 0.3) is 5.65 Å². The number of aromatic nitrogens is 3. The molecule has 2 aromatic rings. The number of carbonyl (C=O) groups is 1. The lowest BCUT2D eigenvalue weighted by atomic mass is 9.81. The second-order valence-corrected chi connectivity index (χ2v) is 10.6. The van der Waals surface area contributed by atoms with Crippen molar-refractivity contribution in [3.8, 4) is 0 Å². The number of anilines is 1. The highest BCUT2D eigenvalue weighted by Gasteiger charge is 2.45. The predicted octanol–water partition coefficient (Wildman–Crippen LogP) is 4.01. The number of amides is 1. The van der Waals surface area contributed by atoms with Crippen LogP contribution in [-0.4, -0.2) is 52.2 Å². The molecule has 0 bridgehead atoms. The smallest absolute Gasteiger partial charge is 0.370 e. The van der Waals surface area contributed by atoms with Crippen LogP contribution in [0.15, 0.2) is 12.3 Å². The largest absolute Gasteiger partial charge is 0.393 e. The molecule has 3 N–H and O–H groups in total. The number of rotatable bonds is 6. The molecule has 1 amide bonds. The third-order valence-corrected chi connectivity index (χ3v) is 7.97. The number of imidazole rings is 1. The van der Waals surface area contributed by atoms with Crippen LogP contribution in [0.3, 0.4) is 0 Å². The zero-order chi connectivity index (χ0) is 25.8. The van der Waals surface area contributed by atoms with E-state index in [0.29, 0.717) is 35.9 Å². The molecule has 3 heterocycles. The molecule has 0 spiro atoms. The molecule has 3 aliphatic rings. The van der Waals surface area contributed by atoms with Crippen LogP contribution >= 0.6 is 0 Å². The zero-order valence-corrected chi connectivity index (χ0v) is 20.1. The van der Waals surface area contributed by atoms with E-state index < -0.39 is 42.4 Å². The summed E-state index contributed by atoms with van der Waals surface area (Å²) in [5, 5.41) is 7.07. The first-order valence-corrected chi connectivity index (χ1v) is 12.5. The van der Waals surface area contributed by atoms with E-state index in [1.807, 2.05) is 18.0 Å². The number of hydrogen-bond donors (Lipinski definition) is 2. The van der Waals surface area contributed by atoms with Crippen LogP contribution in [0.2, 0.25) is 0 Å². The second kappa shape index (κ2) is 9.11. The lowest BCUT2D eigenvalue weighted by Crippen LogP contribution is -2.47. The maximum atomic E-state index is 13.6. The Labute approximate surface area is 205 Å². The Bertz CT molecular complexity index is 1120. The maximum absolute atomic E-state index is 13.6. The number of fused-ring (bicyclic) bond motifs is 1. The van der Waals surface area contributed by atoms with E-state index in [0.717, 1.165) is 18.5 Å². The minimum Gasteiger partial charge on any atom is -0.370 e. The molecule has 198 valence electrons. The van der Waals surface area contributed by atoms with Crippen molar-refractivity contribution < 1.29 is 26.7 Å². The van der Waals surface area contributed by atoms with Crippen molar-refractivity contribution in [1.29, 1.82) is 0 Å². The lowest BCUT2D eigenvalue weighted by Gasteiger charge is -2.31. The number of nitrogens with two attached hydrogens (primary N) is 1. The van der Waals surface area contributed by atoms with Crippen molar-refractivity contribution in [2.75, 3.05) is 18.5 Å². The molecule has 12 heteroatoms. The summed E-state index contributed by atoms with van der Waals surface area (Å²) in [6, 6.07) is 1.61. The summed E-state index contributed by atoms with van der Waals surface area (Å²) in [6.45, 7) is -0.407. The summed E-state index contributed by atoms with van der Waals surface area (Å²) >= 11 is 0. The quantitative estimate of drug-likeness (QED) is 0.569. The van der Waals surface area contributed by atoms with Crippen LogP contribution in [0.5, 0.6) is 0 Å². The molecule has 0 unspecified atom stereocenters. The van der Waals surface area contributed by atoms with Gasteiger partial charge in [0, 0.05) is 50.9 Å². The van der Waals surface area contributed by atoms with Gasteiger partial charge in [0.05, 0.1) is 35.2 Å². The van der Waals surface area contributed by atoms with E-state index in [1.165, 1.54) is 4.52 Å². The van der Waals surface area contributed by atoms with E-state index in [4.69, 9.17) is 5.73 Å².